The molecule has 8 nitrogen and oxygen atoms in total. The number of nitrogens with zero attached hydrogens (tertiary/aromatic N) is 4. The molecule has 1 aromatic carbocycles. The van der Waals surface area contributed by atoms with Gasteiger partial charge >= 0.3 is 5.97 Å². The number of likely N-dealkylation sites (tertiary alicyclic amines) is 1. The fourth-order valence-electron chi connectivity index (χ4n) is 3.83. The van der Waals surface area contributed by atoms with Crippen molar-refractivity contribution in [3.8, 4) is 0 Å². The van der Waals surface area contributed by atoms with Gasteiger partial charge in [-0.25, -0.2) is 23.2 Å². The van der Waals surface area contributed by atoms with Crippen molar-refractivity contribution in [2.24, 2.45) is 0 Å². The maximum absolute atomic E-state index is 14.5. The fourth-order valence-corrected chi connectivity index (χ4v) is 3.83. The Balaban J connectivity index is 1.43. The molecule has 0 amide bonds. The number of β-amino-alcohol motifs (C(OH)–C–C–N with tert-alkyl or cyclic N) is 1. The Hall–Kier alpha value is -3.11. The zero-order valence-electron chi connectivity index (χ0n) is 16.7. The highest BCUT2D eigenvalue weighted by Crippen LogP contribution is 2.29. The number of aromatic nitrogens is 3. The van der Waals surface area contributed by atoms with Crippen molar-refractivity contribution in [2.45, 2.75) is 31.1 Å². The minimum Gasteiger partial charge on any atom is -0.457 e. The molecule has 31 heavy (non-hydrogen) atoms. The third-order valence-corrected chi connectivity index (χ3v) is 5.34. The average molecular weight is 432 g/mol. The molecule has 10 heteroatoms. The Morgan fingerprint density at radius 2 is 2.06 bits per heavy atom. The molecule has 1 unspecified atom stereocenters. The maximum atomic E-state index is 14.5. The molecular formula is C21H22F2N4O4. The summed E-state index contributed by atoms with van der Waals surface area (Å²) in [7, 11) is 0. The van der Waals surface area contributed by atoms with Crippen LogP contribution in [0.3, 0.4) is 0 Å². The first-order chi connectivity index (χ1) is 14.9. The van der Waals surface area contributed by atoms with E-state index in [4.69, 9.17) is 9.15 Å². The van der Waals surface area contributed by atoms with Gasteiger partial charge in [0.05, 0.1) is 12.8 Å². The summed E-state index contributed by atoms with van der Waals surface area (Å²) in [5, 5.41) is 15.4. The fraction of sp³-hybridized carbons (Fsp3) is 0.381. The van der Waals surface area contributed by atoms with Crippen molar-refractivity contribution in [1.82, 2.24) is 19.7 Å². The summed E-state index contributed by atoms with van der Waals surface area (Å²) in [6.45, 7) is 1.09. The van der Waals surface area contributed by atoms with Gasteiger partial charge in [-0.05, 0) is 31.0 Å². The Morgan fingerprint density at radius 3 is 2.71 bits per heavy atom. The van der Waals surface area contributed by atoms with Gasteiger partial charge in [0.1, 0.15) is 36.0 Å². The topological polar surface area (TPSA) is 93.6 Å². The smallest absolute Gasteiger partial charge is 0.374 e. The van der Waals surface area contributed by atoms with Crippen molar-refractivity contribution < 1.29 is 27.8 Å². The van der Waals surface area contributed by atoms with E-state index in [9.17, 15) is 18.7 Å². The van der Waals surface area contributed by atoms with E-state index >= 15 is 0 Å². The number of aliphatic hydroxyl groups is 1. The van der Waals surface area contributed by atoms with Crippen LogP contribution in [0.25, 0.3) is 0 Å². The van der Waals surface area contributed by atoms with Crippen molar-refractivity contribution in [3.63, 3.8) is 0 Å². The van der Waals surface area contributed by atoms with Crippen LogP contribution in [0.5, 0.6) is 0 Å². The van der Waals surface area contributed by atoms with Crippen LogP contribution in [0.4, 0.5) is 8.78 Å². The lowest BCUT2D eigenvalue weighted by molar-refractivity contribution is -0.0401. The predicted octanol–water partition coefficient (Wildman–Crippen LogP) is 2.36. The minimum atomic E-state index is -1.66. The Kier molecular flexibility index (Phi) is 6.10. The van der Waals surface area contributed by atoms with Gasteiger partial charge in [-0.2, -0.15) is 5.10 Å². The monoisotopic (exact) mass is 432 g/mol. The highest BCUT2D eigenvalue weighted by molar-refractivity contribution is 5.86. The molecule has 0 spiro atoms. The summed E-state index contributed by atoms with van der Waals surface area (Å²) < 4.78 is 39.9. The molecule has 2 aromatic heterocycles. The first-order valence-electron chi connectivity index (χ1n) is 9.90. The van der Waals surface area contributed by atoms with Crippen LogP contribution >= 0.6 is 0 Å². The van der Waals surface area contributed by atoms with Crippen LogP contribution in [-0.4, -0.2) is 56.5 Å². The minimum absolute atomic E-state index is 0.0178. The van der Waals surface area contributed by atoms with Gasteiger partial charge in [-0.15, -0.1) is 0 Å². The SMILES string of the molecule is O=C(OC1CCN(CC(O)(Cn2cncn2)c2ccc(F)cc2F)CC1)c1ccco1. The molecular weight excluding hydrogens is 410 g/mol. The predicted molar refractivity (Wildman–Crippen MR) is 104 cm³/mol. The maximum Gasteiger partial charge on any atom is 0.374 e. The summed E-state index contributed by atoms with van der Waals surface area (Å²) >= 11 is 0. The number of furan rings is 1. The lowest BCUT2D eigenvalue weighted by Crippen LogP contribution is -2.48. The molecule has 0 radical (unpaired) electrons. The van der Waals surface area contributed by atoms with Crippen molar-refractivity contribution in [1.29, 1.82) is 0 Å². The van der Waals surface area contributed by atoms with Crippen LogP contribution in [-0.2, 0) is 16.9 Å². The number of hydrogen-bond donors (Lipinski definition) is 1. The summed E-state index contributed by atoms with van der Waals surface area (Å²) in [4.78, 5) is 17.9. The van der Waals surface area contributed by atoms with Gasteiger partial charge in [0.25, 0.3) is 0 Å². The van der Waals surface area contributed by atoms with Gasteiger partial charge in [0.15, 0.2) is 0 Å². The van der Waals surface area contributed by atoms with Gasteiger partial charge < -0.3 is 14.3 Å². The standard InChI is InChI=1S/C21H22F2N4O4/c22-15-3-4-17(18(23)10-15)21(29,12-27-14-24-13-25-27)11-26-7-5-16(6-8-26)31-20(28)19-2-1-9-30-19/h1-4,9-10,13-14,16,29H,5-8,11-12H2. The summed E-state index contributed by atoms with van der Waals surface area (Å²) in [6.07, 6.45) is 4.98. The van der Waals surface area contributed by atoms with E-state index in [1.54, 1.807) is 12.1 Å². The summed E-state index contributed by atoms with van der Waals surface area (Å²) in [5.74, 6) is -1.91. The average Bonchev–Trinajstić information content (AvgIpc) is 3.43. The number of halogens is 2. The van der Waals surface area contributed by atoms with Crippen molar-refractivity contribution in [2.75, 3.05) is 19.6 Å². The number of esters is 1. The van der Waals surface area contributed by atoms with Gasteiger partial charge in [-0.1, -0.05) is 6.07 Å². The van der Waals surface area contributed by atoms with E-state index < -0.39 is 23.2 Å². The zero-order valence-corrected chi connectivity index (χ0v) is 16.7. The van der Waals surface area contributed by atoms with E-state index in [0.717, 1.165) is 12.1 Å². The van der Waals surface area contributed by atoms with E-state index in [-0.39, 0.29) is 30.5 Å². The van der Waals surface area contributed by atoms with E-state index in [2.05, 4.69) is 10.1 Å². The zero-order chi connectivity index (χ0) is 21.8. The van der Waals surface area contributed by atoms with E-state index in [1.807, 2.05) is 4.90 Å². The second-order valence-corrected chi connectivity index (χ2v) is 7.61. The Morgan fingerprint density at radius 1 is 1.26 bits per heavy atom. The lowest BCUT2D eigenvalue weighted by atomic mass is 9.91. The van der Waals surface area contributed by atoms with E-state index in [1.165, 1.54) is 29.7 Å². The molecule has 1 N–H and O–H groups in total. The number of carbonyl (C=O) groups excluding carboxylic acids is 1. The molecule has 1 fully saturated rings. The molecule has 1 saturated heterocycles. The van der Waals surface area contributed by atoms with Crippen molar-refractivity contribution in [3.05, 3.63) is 72.2 Å². The molecule has 1 atom stereocenters. The highest BCUT2D eigenvalue weighted by atomic mass is 19.1. The number of hydrogen-bond acceptors (Lipinski definition) is 7. The molecule has 0 aliphatic carbocycles. The third-order valence-electron chi connectivity index (χ3n) is 5.34. The summed E-state index contributed by atoms with van der Waals surface area (Å²) in [5.41, 5.74) is -1.68. The number of ether oxygens (including phenoxy) is 1. The third kappa shape index (κ3) is 4.97. The Bertz CT molecular complexity index is 1000. The number of carbonyl (C=O) groups is 1. The van der Waals surface area contributed by atoms with E-state index in [0.29, 0.717) is 25.9 Å². The van der Waals surface area contributed by atoms with Gasteiger partial charge in [0.2, 0.25) is 5.76 Å². The molecule has 164 valence electrons. The second kappa shape index (κ2) is 8.94. The number of benzene rings is 1. The quantitative estimate of drug-likeness (QED) is 0.573. The van der Waals surface area contributed by atoms with Crippen LogP contribution in [0.15, 0.2) is 53.7 Å². The molecule has 3 heterocycles. The molecule has 0 bridgehead atoms. The van der Waals surface area contributed by atoms with Crippen LogP contribution in [0.2, 0.25) is 0 Å². The lowest BCUT2D eigenvalue weighted by Gasteiger charge is -2.38. The number of piperidine rings is 1. The van der Waals surface area contributed by atoms with Crippen LogP contribution < -0.4 is 0 Å². The summed E-state index contributed by atoms with van der Waals surface area (Å²) in [6, 6.07) is 6.27. The molecule has 3 aromatic rings. The largest absolute Gasteiger partial charge is 0.457 e. The van der Waals surface area contributed by atoms with Crippen molar-refractivity contribution >= 4 is 5.97 Å². The normalized spacial score (nSPS) is 17.4. The molecule has 1 aliphatic heterocycles. The first kappa shape index (κ1) is 21.1. The van der Waals surface area contributed by atoms with Gasteiger partial charge in [-0.3, -0.25) is 4.90 Å². The van der Waals surface area contributed by atoms with Gasteiger partial charge in [0, 0.05) is 31.3 Å². The van der Waals surface area contributed by atoms with Crippen LogP contribution in [0.1, 0.15) is 29.0 Å². The highest BCUT2D eigenvalue weighted by Gasteiger charge is 2.37. The molecule has 0 saturated carbocycles. The Labute approximate surface area is 177 Å². The molecule has 4 rings (SSSR count). The first-order valence-corrected chi connectivity index (χ1v) is 9.90. The molecule has 1 aliphatic rings. The second-order valence-electron chi connectivity index (χ2n) is 7.61. The number of rotatable bonds is 7. The van der Waals surface area contributed by atoms with Crippen LogP contribution in [0, 0.1) is 11.6 Å².